The summed E-state index contributed by atoms with van der Waals surface area (Å²) in [7, 11) is -3.69. The molecule has 1 aromatic rings. The second kappa shape index (κ2) is 7.44. The zero-order valence-corrected chi connectivity index (χ0v) is 14.4. The molecule has 0 radical (unpaired) electrons. The summed E-state index contributed by atoms with van der Waals surface area (Å²) in [5, 5.41) is 9.09. The molecule has 0 saturated carbocycles. The van der Waals surface area contributed by atoms with E-state index >= 15 is 0 Å². The molecule has 0 aliphatic carbocycles. The lowest BCUT2D eigenvalue weighted by Crippen LogP contribution is -2.25. The van der Waals surface area contributed by atoms with Crippen LogP contribution in [0.3, 0.4) is 0 Å². The fourth-order valence-corrected chi connectivity index (χ4v) is 3.71. The van der Waals surface area contributed by atoms with Crippen molar-refractivity contribution in [3.05, 3.63) is 27.7 Å². The zero-order valence-electron chi connectivity index (χ0n) is 11.1. The molecular formula is C12H16BrNO4S2. The summed E-state index contributed by atoms with van der Waals surface area (Å²) in [6, 6.07) is 2.60. The monoisotopic (exact) mass is 381 g/mol. The lowest BCUT2D eigenvalue weighted by atomic mass is 10.1. The quantitative estimate of drug-likeness (QED) is 0.708. The number of benzene rings is 1. The third-order valence-electron chi connectivity index (χ3n) is 2.68. The molecule has 0 atom stereocenters. The number of rotatable bonds is 7. The van der Waals surface area contributed by atoms with Gasteiger partial charge in [-0.25, -0.2) is 17.9 Å². The first-order valence-corrected chi connectivity index (χ1v) is 9.48. The van der Waals surface area contributed by atoms with E-state index in [1.165, 1.54) is 12.1 Å². The molecule has 0 fully saturated rings. The minimum Gasteiger partial charge on any atom is -0.478 e. The van der Waals surface area contributed by atoms with Gasteiger partial charge in [-0.05, 0) is 43.0 Å². The van der Waals surface area contributed by atoms with Gasteiger partial charge in [-0.2, -0.15) is 11.8 Å². The van der Waals surface area contributed by atoms with Crippen LogP contribution in [0.25, 0.3) is 0 Å². The molecule has 0 spiro atoms. The minimum atomic E-state index is -3.69. The van der Waals surface area contributed by atoms with Gasteiger partial charge in [-0.15, -0.1) is 0 Å². The van der Waals surface area contributed by atoms with Crippen molar-refractivity contribution in [2.24, 2.45) is 0 Å². The Bertz CT molecular complexity index is 602. The van der Waals surface area contributed by atoms with Gasteiger partial charge in [0.25, 0.3) is 0 Å². The summed E-state index contributed by atoms with van der Waals surface area (Å²) in [5.41, 5.74) is 0.475. The van der Waals surface area contributed by atoms with Crippen molar-refractivity contribution in [3.63, 3.8) is 0 Å². The van der Waals surface area contributed by atoms with Gasteiger partial charge in [0.05, 0.1) is 10.5 Å². The molecule has 0 heterocycles. The van der Waals surface area contributed by atoms with Crippen molar-refractivity contribution in [2.75, 3.05) is 18.6 Å². The third-order valence-corrected chi connectivity index (χ3v) is 5.64. The van der Waals surface area contributed by atoms with Gasteiger partial charge in [0, 0.05) is 11.0 Å². The van der Waals surface area contributed by atoms with Crippen LogP contribution >= 0.6 is 27.7 Å². The number of thioether (sulfide) groups is 1. The average molecular weight is 382 g/mol. The maximum absolute atomic E-state index is 12.1. The topological polar surface area (TPSA) is 83.5 Å². The van der Waals surface area contributed by atoms with Crippen LogP contribution in [0.1, 0.15) is 22.3 Å². The van der Waals surface area contributed by atoms with Crippen LogP contribution in [0.5, 0.6) is 0 Å². The van der Waals surface area contributed by atoms with Crippen LogP contribution in [0, 0.1) is 6.92 Å². The Labute approximate surface area is 131 Å². The normalized spacial score (nSPS) is 11.6. The van der Waals surface area contributed by atoms with Crippen LogP contribution in [-0.2, 0) is 10.0 Å². The minimum absolute atomic E-state index is 0.0242. The molecule has 0 aliphatic heterocycles. The van der Waals surface area contributed by atoms with E-state index in [4.69, 9.17) is 5.11 Å². The molecule has 1 aromatic carbocycles. The standard InChI is InChI=1S/C12H16BrNO4S2/c1-8-10(12(15)16)6-9(7-11(8)13)20(17,18)14-4-3-5-19-2/h6-7,14H,3-5H2,1-2H3,(H,15,16). The van der Waals surface area contributed by atoms with Crippen LogP contribution in [0.2, 0.25) is 0 Å². The number of sulfonamides is 1. The Morgan fingerprint density at radius 3 is 2.65 bits per heavy atom. The maximum atomic E-state index is 12.1. The molecule has 1 rings (SSSR count). The van der Waals surface area contributed by atoms with E-state index in [1.54, 1.807) is 18.7 Å². The van der Waals surface area contributed by atoms with Gasteiger partial charge in [0.1, 0.15) is 0 Å². The van der Waals surface area contributed by atoms with E-state index in [-0.39, 0.29) is 10.5 Å². The Balaban J connectivity index is 3.04. The number of halogens is 1. The predicted molar refractivity (Wildman–Crippen MR) is 84.0 cm³/mol. The second-order valence-electron chi connectivity index (χ2n) is 4.13. The Morgan fingerprint density at radius 2 is 2.10 bits per heavy atom. The first kappa shape index (κ1) is 17.5. The van der Waals surface area contributed by atoms with Gasteiger partial charge in [-0.3, -0.25) is 0 Å². The highest BCUT2D eigenvalue weighted by molar-refractivity contribution is 9.10. The number of carboxylic acids is 1. The van der Waals surface area contributed by atoms with E-state index < -0.39 is 16.0 Å². The lowest BCUT2D eigenvalue weighted by Gasteiger charge is -2.10. The number of hydrogen-bond donors (Lipinski definition) is 2. The Kier molecular flexibility index (Phi) is 6.50. The van der Waals surface area contributed by atoms with Gasteiger partial charge >= 0.3 is 5.97 Å². The third kappa shape index (κ3) is 4.47. The molecular weight excluding hydrogens is 366 g/mol. The van der Waals surface area contributed by atoms with E-state index in [0.717, 1.165) is 12.2 Å². The SMILES string of the molecule is CSCCCNS(=O)(=O)c1cc(Br)c(C)c(C(=O)O)c1. The highest BCUT2D eigenvalue weighted by atomic mass is 79.9. The molecule has 20 heavy (non-hydrogen) atoms. The van der Waals surface area contributed by atoms with Crippen molar-refractivity contribution in [3.8, 4) is 0 Å². The fourth-order valence-electron chi connectivity index (χ4n) is 1.54. The summed E-state index contributed by atoms with van der Waals surface area (Å²) in [6.07, 6.45) is 2.67. The second-order valence-corrected chi connectivity index (χ2v) is 7.73. The summed E-state index contributed by atoms with van der Waals surface area (Å²) in [4.78, 5) is 11.1. The molecule has 2 N–H and O–H groups in total. The zero-order chi connectivity index (χ0) is 15.3. The molecule has 0 saturated heterocycles. The van der Waals surface area contributed by atoms with E-state index in [0.29, 0.717) is 16.6 Å². The molecule has 0 bridgehead atoms. The van der Waals surface area contributed by atoms with Crippen molar-refractivity contribution in [1.82, 2.24) is 4.72 Å². The van der Waals surface area contributed by atoms with E-state index in [1.807, 2.05) is 6.26 Å². The van der Waals surface area contributed by atoms with Crippen LogP contribution in [0.15, 0.2) is 21.5 Å². The summed E-state index contributed by atoms with van der Waals surface area (Å²) < 4.78 is 27.1. The van der Waals surface area contributed by atoms with Crippen LogP contribution in [-0.4, -0.2) is 38.0 Å². The fraction of sp³-hybridized carbons (Fsp3) is 0.417. The van der Waals surface area contributed by atoms with Crippen molar-refractivity contribution < 1.29 is 18.3 Å². The Hall–Kier alpha value is -0.570. The summed E-state index contributed by atoms with van der Waals surface area (Å²) in [6.45, 7) is 1.95. The molecule has 8 heteroatoms. The van der Waals surface area contributed by atoms with Crippen molar-refractivity contribution >= 4 is 43.7 Å². The van der Waals surface area contributed by atoms with Gasteiger partial charge in [-0.1, -0.05) is 15.9 Å². The molecule has 0 aliphatic rings. The molecule has 112 valence electrons. The first-order chi connectivity index (χ1) is 9.29. The maximum Gasteiger partial charge on any atom is 0.336 e. The lowest BCUT2D eigenvalue weighted by molar-refractivity contribution is 0.0695. The van der Waals surface area contributed by atoms with Crippen LogP contribution in [0.4, 0.5) is 0 Å². The molecule has 0 aromatic heterocycles. The number of nitrogens with one attached hydrogen (secondary N) is 1. The number of carboxylic acid groups (broad SMARTS) is 1. The number of carbonyl (C=O) groups is 1. The predicted octanol–water partition coefficient (Wildman–Crippen LogP) is 2.49. The smallest absolute Gasteiger partial charge is 0.336 e. The highest BCUT2D eigenvalue weighted by Gasteiger charge is 2.19. The van der Waals surface area contributed by atoms with E-state index in [9.17, 15) is 13.2 Å². The molecule has 0 amide bonds. The molecule has 5 nitrogen and oxygen atoms in total. The van der Waals surface area contributed by atoms with Crippen molar-refractivity contribution in [1.29, 1.82) is 0 Å². The van der Waals surface area contributed by atoms with Crippen LogP contribution < -0.4 is 4.72 Å². The van der Waals surface area contributed by atoms with Gasteiger partial charge < -0.3 is 5.11 Å². The number of hydrogen-bond acceptors (Lipinski definition) is 4. The highest BCUT2D eigenvalue weighted by Crippen LogP contribution is 2.24. The molecule has 0 unspecified atom stereocenters. The van der Waals surface area contributed by atoms with Gasteiger partial charge in [0.15, 0.2) is 0 Å². The Morgan fingerprint density at radius 1 is 1.45 bits per heavy atom. The van der Waals surface area contributed by atoms with E-state index in [2.05, 4.69) is 20.7 Å². The average Bonchev–Trinajstić information content (AvgIpc) is 2.37. The first-order valence-electron chi connectivity index (χ1n) is 5.81. The summed E-state index contributed by atoms with van der Waals surface area (Å²) >= 11 is 4.83. The largest absolute Gasteiger partial charge is 0.478 e. The van der Waals surface area contributed by atoms with Gasteiger partial charge in [0.2, 0.25) is 10.0 Å². The summed E-state index contributed by atoms with van der Waals surface area (Å²) in [5.74, 6) is -0.289. The number of aromatic carboxylic acids is 1. The van der Waals surface area contributed by atoms with Crippen molar-refractivity contribution in [2.45, 2.75) is 18.2 Å².